The van der Waals surface area contributed by atoms with Gasteiger partial charge in [0.15, 0.2) is 11.5 Å². The Bertz CT molecular complexity index is 778. The zero-order chi connectivity index (χ0) is 16.7. The minimum atomic E-state index is -0.615. The van der Waals surface area contributed by atoms with Crippen molar-refractivity contribution < 1.29 is 43.4 Å². The van der Waals surface area contributed by atoms with Gasteiger partial charge < -0.3 is 43.4 Å². The van der Waals surface area contributed by atoms with Gasteiger partial charge in [-0.05, 0) is 17.7 Å². The molecule has 0 radical (unpaired) electrons. The molecule has 1 saturated heterocycles. The highest BCUT2D eigenvalue weighted by molar-refractivity contribution is 5.61. The van der Waals surface area contributed by atoms with Gasteiger partial charge in [0.2, 0.25) is 0 Å². The zero-order valence-corrected chi connectivity index (χ0v) is 16.5. The van der Waals surface area contributed by atoms with Crippen LogP contribution < -0.4 is 28.7 Å². The number of ether oxygens (including phenoxy) is 1. The number of benzene rings is 1. The van der Waals surface area contributed by atoms with Crippen molar-refractivity contribution in [3.05, 3.63) is 48.1 Å². The highest BCUT2D eigenvalue weighted by atomic mass is 127. The van der Waals surface area contributed by atoms with Crippen LogP contribution in [0.25, 0.3) is 0 Å². The van der Waals surface area contributed by atoms with E-state index in [9.17, 15) is 10.2 Å². The fourth-order valence-electron chi connectivity index (χ4n) is 6.02. The third-order valence-corrected chi connectivity index (χ3v) is 7.09. The van der Waals surface area contributed by atoms with Gasteiger partial charge in [-0.3, -0.25) is 0 Å². The minimum absolute atomic E-state index is 0. The third kappa shape index (κ3) is 1.95. The van der Waals surface area contributed by atoms with Crippen LogP contribution in [0.15, 0.2) is 36.9 Å². The number of likely N-dealkylation sites (N-methyl/N-ethyl adjacent to an activating group) is 1. The molecule has 1 fully saturated rings. The summed E-state index contributed by atoms with van der Waals surface area (Å²) in [4.78, 5) is 0. The molecule has 0 aromatic heterocycles. The first kappa shape index (κ1) is 17.4. The van der Waals surface area contributed by atoms with Crippen LogP contribution in [0.2, 0.25) is 0 Å². The van der Waals surface area contributed by atoms with Crippen molar-refractivity contribution in [1.82, 2.24) is 0 Å². The summed E-state index contributed by atoms with van der Waals surface area (Å²) in [6.07, 6.45) is 7.20. The van der Waals surface area contributed by atoms with Gasteiger partial charge in [-0.1, -0.05) is 24.8 Å². The molecule has 2 aliphatic carbocycles. The number of piperidine rings is 1. The lowest BCUT2D eigenvalue weighted by atomic mass is 9.52. The summed E-state index contributed by atoms with van der Waals surface area (Å²) in [6, 6.07) is 4.25. The number of aliphatic hydroxyl groups is 1. The summed E-state index contributed by atoms with van der Waals surface area (Å²) in [5.41, 5.74) is 2.25. The normalized spacial score (nSPS) is 42.2. The molecular weight excluding hydrogens is 429 g/mol. The van der Waals surface area contributed by atoms with Crippen LogP contribution in [0.5, 0.6) is 11.5 Å². The molecule has 1 aromatic rings. The highest BCUT2D eigenvalue weighted by Gasteiger charge is 2.67. The summed E-state index contributed by atoms with van der Waals surface area (Å²) in [5.74, 6) is 1.15. The largest absolute Gasteiger partial charge is 1.00 e. The number of hydrogen-bond acceptors (Lipinski definition) is 3. The smallest absolute Gasteiger partial charge is 0.165 e. The van der Waals surface area contributed by atoms with Crippen LogP contribution in [0.4, 0.5) is 0 Å². The van der Waals surface area contributed by atoms with E-state index in [2.05, 4.69) is 25.8 Å². The first-order valence-electron chi connectivity index (χ1n) is 8.85. The van der Waals surface area contributed by atoms with Gasteiger partial charge in [-0.15, -0.1) is 0 Å². The molecular formula is C20H24INO3. The topological polar surface area (TPSA) is 49.7 Å². The molecule has 0 saturated carbocycles. The Kier molecular flexibility index (Phi) is 3.80. The maximum absolute atomic E-state index is 10.6. The van der Waals surface area contributed by atoms with Crippen molar-refractivity contribution in [3.8, 4) is 11.5 Å². The van der Waals surface area contributed by atoms with Crippen molar-refractivity contribution >= 4 is 0 Å². The van der Waals surface area contributed by atoms with E-state index in [-0.39, 0.29) is 41.2 Å². The number of hydrogen-bond donors (Lipinski definition) is 2. The van der Waals surface area contributed by atoms with Crippen molar-refractivity contribution in [1.29, 1.82) is 0 Å². The van der Waals surface area contributed by atoms with Crippen molar-refractivity contribution in [3.63, 3.8) is 0 Å². The summed E-state index contributed by atoms with van der Waals surface area (Å²) >= 11 is 0. The van der Waals surface area contributed by atoms with Crippen LogP contribution in [0, 0.1) is 5.92 Å². The molecule has 5 rings (SSSR count). The maximum atomic E-state index is 10.6. The van der Waals surface area contributed by atoms with Gasteiger partial charge in [0, 0.05) is 24.3 Å². The summed E-state index contributed by atoms with van der Waals surface area (Å²) in [6.45, 7) is 5.97. The summed E-state index contributed by atoms with van der Waals surface area (Å²) in [7, 11) is 2.33. The summed E-state index contributed by atoms with van der Waals surface area (Å²) < 4.78 is 7.16. The molecule has 134 valence electrons. The maximum Gasteiger partial charge on any atom is 0.165 e. The van der Waals surface area contributed by atoms with Crippen LogP contribution >= 0.6 is 0 Å². The Morgan fingerprint density at radius 1 is 1.40 bits per heavy atom. The van der Waals surface area contributed by atoms with Crippen molar-refractivity contribution in [2.75, 3.05) is 20.1 Å². The molecule has 6 atom stereocenters. The number of quaternary nitrogens is 1. The Morgan fingerprint density at radius 3 is 2.96 bits per heavy atom. The number of likely N-dealkylation sites (tertiary alicyclic amines) is 1. The lowest BCUT2D eigenvalue weighted by Gasteiger charge is -2.59. The molecule has 1 unspecified atom stereocenters. The van der Waals surface area contributed by atoms with E-state index in [0.717, 1.165) is 30.4 Å². The highest BCUT2D eigenvalue weighted by Crippen LogP contribution is 2.63. The van der Waals surface area contributed by atoms with E-state index in [0.29, 0.717) is 17.7 Å². The van der Waals surface area contributed by atoms with Gasteiger partial charge in [-0.2, -0.15) is 0 Å². The predicted octanol–water partition coefficient (Wildman–Crippen LogP) is -1.10. The number of phenols is 1. The van der Waals surface area contributed by atoms with Gasteiger partial charge in [0.25, 0.3) is 0 Å². The number of phenolic OH excluding ortho intramolecular Hbond substituents is 1. The minimum Gasteiger partial charge on any atom is -1.00 e. The molecule has 4 nitrogen and oxygen atoms in total. The van der Waals surface area contributed by atoms with E-state index in [1.54, 1.807) is 6.07 Å². The first-order valence-corrected chi connectivity index (χ1v) is 8.85. The Morgan fingerprint density at radius 2 is 2.20 bits per heavy atom. The fourth-order valence-corrected chi connectivity index (χ4v) is 6.02. The van der Waals surface area contributed by atoms with Crippen molar-refractivity contribution in [2.45, 2.75) is 36.5 Å². The molecule has 1 aromatic carbocycles. The van der Waals surface area contributed by atoms with Crippen molar-refractivity contribution in [2.24, 2.45) is 5.92 Å². The Labute approximate surface area is 165 Å². The van der Waals surface area contributed by atoms with E-state index in [1.165, 1.54) is 11.1 Å². The number of aromatic hydroxyl groups is 1. The lowest BCUT2D eigenvalue weighted by molar-refractivity contribution is -0.938. The molecule has 0 amide bonds. The van der Waals surface area contributed by atoms with Crippen LogP contribution in [-0.4, -0.2) is 53.1 Å². The number of halogens is 1. The molecule has 5 heteroatoms. The molecule has 4 aliphatic rings. The quantitative estimate of drug-likeness (QED) is 0.340. The van der Waals surface area contributed by atoms with Crippen LogP contribution in [0.1, 0.15) is 17.5 Å². The standard InChI is InChI=1S/C20H23NO3.HI/c1-3-9-21(2)10-8-20-13-5-7-16(23)19(20)24-18-15(22)6-4-12(17(18)20)11-14(13)21;/h3-7,13-14,16,19,23H,1,8-11H2,2H3;1H/t13-,14+,16-,19-,20-,21?;/m0./s1. The van der Waals surface area contributed by atoms with Gasteiger partial charge in [-0.25, -0.2) is 0 Å². The van der Waals surface area contributed by atoms with Crippen LogP contribution in [-0.2, 0) is 11.8 Å². The second-order valence-electron chi connectivity index (χ2n) is 8.12. The van der Waals surface area contributed by atoms with Crippen LogP contribution in [0.3, 0.4) is 0 Å². The predicted molar refractivity (Wildman–Crippen MR) is 91.1 cm³/mol. The van der Waals surface area contributed by atoms with Gasteiger partial charge >= 0.3 is 0 Å². The van der Waals surface area contributed by atoms with E-state index < -0.39 is 6.10 Å². The number of nitrogens with zero attached hydrogens (tertiary/aromatic N) is 1. The molecule has 2 aliphatic heterocycles. The second kappa shape index (κ2) is 5.47. The SMILES string of the molecule is C=CC[N+]1(C)CC[C@]23c4c5ccc(O)c4O[C@H]2[C@@H](O)C=C[C@H]3[C@H]1C5.[I-]. The molecule has 2 bridgehead atoms. The zero-order valence-electron chi connectivity index (χ0n) is 14.4. The third-order valence-electron chi connectivity index (χ3n) is 7.09. The average Bonchev–Trinajstić information content (AvgIpc) is 2.91. The Hall–Kier alpha value is -1.05. The summed E-state index contributed by atoms with van der Waals surface area (Å²) in [5, 5.41) is 20.9. The lowest BCUT2D eigenvalue weighted by Crippen LogP contribution is -3.00. The first-order chi connectivity index (χ1) is 11.5. The second-order valence-corrected chi connectivity index (χ2v) is 8.12. The molecule has 2 heterocycles. The number of rotatable bonds is 2. The Balaban J connectivity index is 0.00000157. The van der Waals surface area contributed by atoms with E-state index >= 15 is 0 Å². The average molecular weight is 453 g/mol. The van der Waals surface area contributed by atoms with Gasteiger partial charge in [0.05, 0.1) is 25.6 Å². The molecule has 25 heavy (non-hydrogen) atoms. The number of aliphatic hydroxyl groups excluding tert-OH is 1. The molecule has 1 spiro atoms. The monoisotopic (exact) mass is 453 g/mol. The fraction of sp³-hybridized carbons (Fsp3) is 0.500. The van der Waals surface area contributed by atoms with E-state index in [4.69, 9.17) is 4.74 Å². The molecule has 2 N–H and O–H groups in total. The van der Waals surface area contributed by atoms with Gasteiger partial charge in [0.1, 0.15) is 18.2 Å². The van der Waals surface area contributed by atoms with E-state index in [1.807, 2.05) is 12.2 Å².